The van der Waals surface area contributed by atoms with Crippen LogP contribution in [0.4, 0.5) is 21.6 Å². The van der Waals surface area contributed by atoms with Gasteiger partial charge in [-0.15, -0.1) is 0 Å². The maximum atomic E-state index is 15.2. The van der Waals surface area contributed by atoms with E-state index in [1.54, 1.807) is 10.2 Å². The number of anilines is 3. The molecule has 29 heavy (non-hydrogen) atoms. The molecule has 0 aliphatic carbocycles. The average Bonchev–Trinajstić information content (AvgIpc) is 3.31. The Hall–Kier alpha value is -2.89. The van der Waals surface area contributed by atoms with E-state index in [1.165, 1.54) is 22.8 Å². The summed E-state index contributed by atoms with van der Waals surface area (Å²) in [5.74, 6) is -0.0235. The molecule has 8 nitrogen and oxygen atoms in total. The number of halogens is 1. The molecule has 11 heteroatoms. The van der Waals surface area contributed by atoms with Gasteiger partial charge in [0, 0.05) is 6.07 Å². The summed E-state index contributed by atoms with van der Waals surface area (Å²) in [6, 6.07) is 13.9. The fourth-order valence-corrected chi connectivity index (χ4v) is 4.15. The smallest absolute Gasteiger partial charge is 0.241 e. The minimum Gasteiger partial charge on any atom is -0.338 e. The Morgan fingerprint density at radius 3 is 2.62 bits per heavy atom. The van der Waals surface area contributed by atoms with Gasteiger partial charge in [0.1, 0.15) is 16.4 Å². The third-order valence-electron chi connectivity index (χ3n) is 4.20. The number of aromatic nitrogens is 2. The summed E-state index contributed by atoms with van der Waals surface area (Å²) in [5, 5.41) is 18.3. The molecule has 1 aliphatic heterocycles. The zero-order valence-corrected chi connectivity index (χ0v) is 16.9. The lowest BCUT2D eigenvalue weighted by molar-refractivity contribution is 0.567. The summed E-state index contributed by atoms with van der Waals surface area (Å²) in [5.41, 5.74) is 3.48. The van der Waals surface area contributed by atoms with Crippen LogP contribution in [0.5, 0.6) is 0 Å². The minimum absolute atomic E-state index is 0.00348. The van der Waals surface area contributed by atoms with Gasteiger partial charge in [0.15, 0.2) is 5.82 Å². The van der Waals surface area contributed by atoms with Crippen molar-refractivity contribution >= 4 is 44.5 Å². The summed E-state index contributed by atoms with van der Waals surface area (Å²) in [6.07, 6.45) is 0. The van der Waals surface area contributed by atoms with Gasteiger partial charge in [0.05, 0.1) is 28.5 Å². The first kappa shape index (κ1) is 19.4. The number of nitrogens with two attached hydrogens (primary N) is 1. The maximum absolute atomic E-state index is 15.2. The van der Waals surface area contributed by atoms with Crippen LogP contribution in [0.25, 0.3) is 5.69 Å². The van der Waals surface area contributed by atoms with Crippen molar-refractivity contribution in [1.29, 1.82) is 0 Å². The molecule has 0 atom stereocenters. The Bertz CT molecular complexity index is 1190. The maximum Gasteiger partial charge on any atom is 0.241 e. The number of rotatable bonds is 5. The molecule has 0 saturated carbocycles. The van der Waals surface area contributed by atoms with Crippen molar-refractivity contribution in [1.82, 2.24) is 9.78 Å². The van der Waals surface area contributed by atoms with E-state index < -0.39 is 20.7 Å². The average molecular weight is 433 g/mol. The van der Waals surface area contributed by atoms with Gasteiger partial charge in [0.25, 0.3) is 0 Å². The number of para-hydroxylation sites is 1. The third-order valence-corrected chi connectivity index (χ3v) is 5.76. The van der Waals surface area contributed by atoms with E-state index in [4.69, 9.17) is 5.14 Å². The van der Waals surface area contributed by atoms with Crippen LogP contribution in [0.3, 0.4) is 0 Å². The Kier molecular flexibility index (Phi) is 5.03. The van der Waals surface area contributed by atoms with Gasteiger partial charge in [-0.2, -0.15) is 10.2 Å². The predicted octanol–water partition coefficient (Wildman–Crippen LogP) is 3.16. The van der Waals surface area contributed by atoms with E-state index in [-0.39, 0.29) is 5.69 Å². The van der Waals surface area contributed by atoms with Gasteiger partial charge in [-0.1, -0.05) is 30.0 Å². The molecule has 0 saturated heterocycles. The zero-order valence-electron chi connectivity index (χ0n) is 15.3. The third kappa shape index (κ3) is 3.84. The summed E-state index contributed by atoms with van der Waals surface area (Å²) >= 11 is 1.36. The predicted molar refractivity (Wildman–Crippen MR) is 113 cm³/mol. The lowest BCUT2D eigenvalue weighted by atomic mass is 10.2. The van der Waals surface area contributed by atoms with Gasteiger partial charge in [-0.25, -0.2) is 27.6 Å². The molecule has 0 spiro atoms. The van der Waals surface area contributed by atoms with Gasteiger partial charge >= 0.3 is 0 Å². The topological polar surface area (TPSA) is 106 Å². The van der Waals surface area contributed by atoms with Crippen molar-refractivity contribution in [2.24, 2.45) is 10.2 Å². The second kappa shape index (κ2) is 7.50. The van der Waals surface area contributed by atoms with E-state index >= 15 is 4.39 Å². The number of aryl methyl sites for hydroxylation is 1. The number of sulfonamides is 1. The number of hydrazone groups is 1. The molecule has 0 unspecified atom stereocenters. The van der Waals surface area contributed by atoms with Crippen molar-refractivity contribution < 1.29 is 12.8 Å². The first-order chi connectivity index (χ1) is 13.8. The summed E-state index contributed by atoms with van der Waals surface area (Å²) in [7, 11) is -4.23. The number of nitrogens with one attached hydrogen (secondary N) is 1. The molecule has 150 valence electrons. The summed E-state index contributed by atoms with van der Waals surface area (Å²) in [4.78, 5) is -0.585. The van der Waals surface area contributed by atoms with Crippen LogP contribution in [0.1, 0.15) is 5.69 Å². The highest BCUT2D eigenvalue weighted by atomic mass is 32.2. The second-order valence-electron chi connectivity index (χ2n) is 6.28. The highest BCUT2D eigenvalue weighted by Gasteiger charge is 2.26. The second-order valence-corrected chi connectivity index (χ2v) is 8.61. The first-order valence-electron chi connectivity index (χ1n) is 8.50. The fourth-order valence-electron chi connectivity index (χ4n) is 2.96. The molecule has 2 heterocycles. The fraction of sp³-hybridized carbons (Fsp3) is 0.111. The van der Waals surface area contributed by atoms with Crippen molar-refractivity contribution in [3.05, 3.63) is 60.0 Å². The van der Waals surface area contributed by atoms with E-state index in [0.29, 0.717) is 17.4 Å². The molecule has 4 rings (SSSR count). The van der Waals surface area contributed by atoms with Crippen LogP contribution in [0, 0.1) is 12.7 Å². The Morgan fingerprint density at radius 1 is 1.21 bits per heavy atom. The quantitative estimate of drug-likeness (QED) is 0.642. The molecular formula is C18H17FN6O2S2. The van der Waals surface area contributed by atoms with E-state index in [1.807, 2.05) is 43.3 Å². The highest BCUT2D eigenvalue weighted by molar-refractivity contribution is 8.12. The Morgan fingerprint density at radius 2 is 1.97 bits per heavy atom. The molecule has 0 radical (unpaired) electrons. The Balaban J connectivity index is 1.83. The van der Waals surface area contributed by atoms with Crippen molar-refractivity contribution in [3.8, 4) is 5.69 Å². The molecule has 0 amide bonds. The molecule has 0 bridgehead atoms. The number of nitrogens with zero attached hydrogens (tertiary/aromatic N) is 4. The molecular weight excluding hydrogens is 415 g/mol. The van der Waals surface area contributed by atoms with Gasteiger partial charge in [0.2, 0.25) is 10.0 Å². The number of thioether (sulfide) groups is 1. The van der Waals surface area contributed by atoms with E-state index in [2.05, 4.69) is 15.5 Å². The molecule has 1 aliphatic rings. The van der Waals surface area contributed by atoms with Crippen LogP contribution >= 0.6 is 11.8 Å². The van der Waals surface area contributed by atoms with E-state index in [9.17, 15) is 8.42 Å². The van der Waals surface area contributed by atoms with Gasteiger partial charge < -0.3 is 5.32 Å². The summed E-state index contributed by atoms with van der Waals surface area (Å²) < 4.78 is 40.4. The monoisotopic (exact) mass is 432 g/mol. The summed E-state index contributed by atoms with van der Waals surface area (Å²) in [6.45, 7) is 1.84. The number of benzene rings is 2. The highest BCUT2D eigenvalue weighted by Crippen LogP contribution is 2.37. The SMILES string of the molecule is Cc1cc(Nc2ccc(S(N)(=O)=O)c(F)c2N2CSC=N2)n(-c2ccccc2)n1. The van der Waals surface area contributed by atoms with Crippen LogP contribution in [0.2, 0.25) is 0 Å². The number of hydrogen-bond donors (Lipinski definition) is 2. The molecule has 1 aromatic heterocycles. The van der Waals surface area contributed by atoms with Crippen molar-refractivity contribution in [2.45, 2.75) is 11.8 Å². The molecule has 2 aromatic carbocycles. The molecule has 0 fully saturated rings. The standard InChI is InChI=1S/C18H17FN6O2S2/c1-12-9-16(25(23-12)13-5-3-2-4-6-13)22-14-7-8-15(29(20,26)27)17(19)18(14)24-11-28-10-21-24/h2-10,22H,11H2,1H3,(H2,20,26,27). The normalized spacial score (nSPS) is 13.8. The lowest BCUT2D eigenvalue weighted by Gasteiger charge is -2.21. The van der Waals surface area contributed by atoms with Gasteiger partial charge in [-0.05, 0) is 31.2 Å². The number of hydrogen-bond acceptors (Lipinski definition) is 7. The van der Waals surface area contributed by atoms with Crippen LogP contribution in [-0.4, -0.2) is 29.6 Å². The van der Waals surface area contributed by atoms with E-state index in [0.717, 1.165) is 17.4 Å². The van der Waals surface area contributed by atoms with Crippen LogP contribution in [-0.2, 0) is 10.0 Å². The van der Waals surface area contributed by atoms with Crippen LogP contribution in [0.15, 0.2) is 58.5 Å². The first-order valence-corrected chi connectivity index (χ1v) is 11.1. The van der Waals surface area contributed by atoms with Crippen LogP contribution < -0.4 is 15.5 Å². The lowest BCUT2D eigenvalue weighted by Crippen LogP contribution is -2.19. The number of primary sulfonamides is 1. The van der Waals surface area contributed by atoms with Crippen molar-refractivity contribution in [2.75, 3.05) is 16.2 Å². The Labute approximate surface area is 171 Å². The minimum atomic E-state index is -4.23. The largest absolute Gasteiger partial charge is 0.338 e. The zero-order chi connectivity index (χ0) is 20.6. The molecule has 3 N–H and O–H groups in total. The molecule has 3 aromatic rings. The van der Waals surface area contributed by atoms with Crippen molar-refractivity contribution in [3.63, 3.8) is 0 Å². The van der Waals surface area contributed by atoms with Gasteiger partial charge in [-0.3, -0.25) is 0 Å².